The molecule has 1 fully saturated rings. The average molecular weight is 487 g/mol. The van der Waals surface area contributed by atoms with Gasteiger partial charge in [0.1, 0.15) is 5.75 Å². The molecule has 0 spiro atoms. The molecule has 0 unspecified atom stereocenters. The highest BCUT2D eigenvalue weighted by Gasteiger charge is 2.34. The molecule has 1 saturated heterocycles. The van der Waals surface area contributed by atoms with E-state index >= 15 is 0 Å². The maximum absolute atomic E-state index is 12.8. The van der Waals surface area contributed by atoms with Gasteiger partial charge >= 0.3 is 0 Å². The molecule has 7 heteroatoms. The largest absolute Gasteiger partial charge is 0.484 e. The van der Waals surface area contributed by atoms with E-state index < -0.39 is 0 Å². The molecule has 1 heterocycles. The number of carbonyl (C=O) groups excluding carboxylic acids is 3. The number of anilines is 1. The Hall–Kier alpha value is -3.84. The van der Waals surface area contributed by atoms with Crippen LogP contribution in [0.25, 0.3) is 6.08 Å². The molecular formula is C28H26N2O4S. The smallest absolute Gasteiger partial charge is 0.293 e. The van der Waals surface area contributed by atoms with Crippen molar-refractivity contribution in [3.8, 4) is 5.75 Å². The summed E-state index contributed by atoms with van der Waals surface area (Å²) in [4.78, 5) is 39.0. The van der Waals surface area contributed by atoms with Crippen LogP contribution in [0.2, 0.25) is 0 Å². The predicted molar refractivity (Wildman–Crippen MR) is 139 cm³/mol. The number of ether oxygens (including phenoxy) is 1. The van der Waals surface area contributed by atoms with E-state index in [1.54, 1.807) is 30.3 Å². The number of nitrogens with one attached hydrogen (secondary N) is 1. The lowest BCUT2D eigenvalue weighted by atomic mass is 10.1. The molecule has 178 valence electrons. The molecule has 0 saturated carbocycles. The van der Waals surface area contributed by atoms with Crippen molar-refractivity contribution >= 4 is 40.6 Å². The van der Waals surface area contributed by atoms with Crippen molar-refractivity contribution in [2.75, 3.05) is 11.9 Å². The Morgan fingerprint density at radius 3 is 2.46 bits per heavy atom. The highest BCUT2D eigenvalue weighted by Crippen LogP contribution is 2.33. The zero-order valence-corrected chi connectivity index (χ0v) is 20.6. The molecule has 6 nitrogen and oxygen atoms in total. The summed E-state index contributed by atoms with van der Waals surface area (Å²) in [5.74, 6) is -0.0191. The summed E-state index contributed by atoms with van der Waals surface area (Å²) < 4.78 is 5.58. The molecular weight excluding hydrogens is 460 g/mol. The van der Waals surface area contributed by atoms with Crippen LogP contribution >= 0.6 is 11.8 Å². The van der Waals surface area contributed by atoms with Crippen molar-refractivity contribution in [2.45, 2.75) is 27.3 Å². The summed E-state index contributed by atoms with van der Waals surface area (Å²) in [6, 6.07) is 20.5. The van der Waals surface area contributed by atoms with Crippen LogP contribution in [0.4, 0.5) is 10.5 Å². The second kappa shape index (κ2) is 10.6. The summed E-state index contributed by atoms with van der Waals surface area (Å²) in [6.07, 6.45) is 1.69. The van der Waals surface area contributed by atoms with Crippen molar-refractivity contribution in [1.82, 2.24) is 4.90 Å². The third-order valence-electron chi connectivity index (χ3n) is 5.64. The molecule has 4 rings (SSSR count). The van der Waals surface area contributed by atoms with Gasteiger partial charge in [0.25, 0.3) is 17.1 Å². The topological polar surface area (TPSA) is 75.7 Å². The first-order valence-electron chi connectivity index (χ1n) is 11.2. The lowest BCUT2D eigenvalue weighted by Gasteiger charge is -2.12. The van der Waals surface area contributed by atoms with Gasteiger partial charge in [0, 0.05) is 5.69 Å². The van der Waals surface area contributed by atoms with E-state index in [2.05, 4.69) is 5.32 Å². The van der Waals surface area contributed by atoms with E-state index in [9.17, 15) is 14.4 Å². The van der Waals surface area contributed by atoms with Crippen LogP contribution in [0.3, 0.4) is 0 Å². The van der Waals surface area contributed by atoms with Gasteiger partial charge in [-0.05, 0) is 85.1 Å². The van der Waals surface area contributed by atoms with Crippen LogP contribution in [0.15, 0.2) is 71.6 Å². The molecule has 0 bridgehead atoms. The number of benzene rings is 3. The predicted octanol–water partition coefficient (Wildman–Crippen LogP) is 5.87. The number of amides is 3. The van der Waals surface area contributed by atoms with Crippen molar-refractivity contribution < 1.29 is 19.1 Å². The second-order valence-electron chi connectivity index (χ2n) is 8.46. The number of aryl methyl sites for hydroxylation is 3. The number of rotatable bonds is 7. The molecule has 3 aromatic carbocycles. The van der Waals surface area contributed by atoms with Crippen LogP contribution in [0.5, 0.6) is 5.75 Å². The molecule has 0 radical (unpaired) electrons. The van der Waals surface area contributed by atoms with E-state index in [1.807, 2.05) is 63.2 Å². The van der Waals surface area contributed by atoms with Crippen LogP contribution < -0.4 is 10.1 Å². The number of hydrogen-bond acceptors (Lipinski definition) is 5. The molecule has 1 N–H and O–H groups in total. The first-order valence-corrected chi connectivity index (χ1v) is 12.0. The number of thioether (sulfide) groups is 1. The van der Waals surface area contributed by atoms with Crippen LogP contribution in [-0.2, 0) is 16.1 Å². The summed E-state index contributed by atoms with van der Waals surface area (Å²) in [5, 5.41) is 2.54. The second-order valence-corrected chi connectivity index (χ2v) is 9.46. The Balaban J connectivity index is 1.34. The van der Waals surface area contributed by atoms with Crippen molar-refractivity contribution in [3.63, 3.8) is 0 Å². The standard InChI is InChI=1S/C28H26N2O4S/c1-18-5-4-6-22(13-18)16-30-27(32)25(35-28(30)33)15-21-8-11-24(12-9-21)34-17-26(31)29-23-10-7-19(2)20(3)14-23/h4-15H,16-17H2,1-3H3,(H,29,31)/b25-15-. The Morgan fingerprint density at radius 2 is 1.74 bits per heavy atom. The summed E-state index contributed by atoms with van der Waals surface area (Å²) in [6.45, 7) is 6.12. The van der Waals surface area contributed by atoms with Gasteiger partial charge in [-0.2, -0.15) is 0 Å². The minimum Gasteiger partial charge on any atom is -0.484 e. The lowest BCUT2D eigenvalue weighted by molar-refractivity contribution is -0.123. The normalized spacial score (nSPS) is 14.5. The fourth-order valence-corrected chi connectivity index (χ4v) is 4.44. The molecule has 1 aliphatic heterocycles. The van der Waals surface area contributed by atoms with E-state index in [1.165, 1.54) is 4.90 Å². The van der Waals surface area contributed by atoms with E-state index in [4.69, 9.17) is 4.74 Å². The van der Waals surface area contributed by atoms with Crippen molar-refractivity contribution in [3.05, 3.63) is 99.5 Å². The first kappa shape index (κ1) is 24.3. The highest BCUT2D eigenvalue weighted by atomic mass is 32.2. The zero-order chi connectivity index (χ0) is 24.9. The van der Waals surface area contributed by atoms with Gasteiger partial charge in [0.2, 0.25) is 0 Å². The molecule has 0 aromatic heterocycles. The van der Waals surface area contributed by atoms with E-state index in [0.717, 1.165) is 45.3 Å². The Labute approximate surface area is 209 Å². The fourth-order valence-electron chi connectivity index (χ4n) is 3.61. The lowest BCUT2D eigenvalue weighted by Crippen LogP contribution is -2.27. The van der Waals surface area contributed by atoms with Gasteiger partial charge < -0.3 is 10.1 Å². The molecule has 35 heavy (non-hydrogen) atoms. The monoisotopic (exact) mass is 486 g/mol. The molecule has 3 aromatic rings. The zero-order valence-electron chi connectivity index (χ0n) is 19.8. The Bertz CT molecular complexity index is 1310. The minimum absolute atomic E-state index is 0.121. The summed E-state index contributed by atoms with van der Waals surface area (Å²) in [7, 11) is 0. The van der Waals surface area contributed by atoms with Gasteiger partial charge in [-0.1, -0.05) is 48.0 Å². The van der Waals surface area contributed by atoms with Gasteiger partial charge in [-0.3, -0.25) is 19.3 Å². The highest BCUT2D eigenvalue weighted by molar-refractivity contribution is 8.18. The fraction of sp³-hybridized carbons (Fsp3) is 0.179. The van der Waals surface area contributed by atoms with E-state index in [-0.39, 0.29) is 30.2 Å². The number of nitrogens with zero attached hydrogens (tertiary/aromatic N) is 1. The van der Waals surface area contributed by atoms with Gasteiger partial charge in [0.05, 0.1) is 11.4 Å². The molecule has 1 aliphatic rings. The van der Waals surface area contributed by atoms with Gasteiger partial charge in [-0.15, -0.1) is 0 Å². The third-order valence-corrected chi connectivity index (χ3v) is 6.54. The molecule has 0 atom stereocenters. The first-order chi connectivity index (χ1) is 16.8. The quantitative estimate of drug-likeness (QED) is 0.423. The molecule has 0 aliphatic carbocycles. The molecule has 3 amide bonds. The summed E-state index contributed by atoms with van der Waals surface area (Å²) in [5.41, 5.74) is 5.75. The third kappa shape index (κ3) is 6.19. The maximum atomic E-state index is 12.8. The Morgan fingerprint density at radius 1 is 0.971 bits per heavy atom. The van der Waals surface area contributed by atoms with Gasteiger partial charge in [0.15, 0.2) is 6.61 Å². The van der Waals surface area contributed by atoms with Crippen molar-refractivity contribution in [1.29, 1.82) is 0 Å². The number of carbonyl (C=O) groups is 3. The van der Waals surface area contributed by atoms with Crippen LogP contribution in [0, 0.1) is 20.8 Å². The minimum atomic E-state index is -0.301. The maximum Gasteiger partial charge on any atom is 0.293 e. The number of hydrogen-bond donors (Lipinski definition) is 1. The Kier molecular flexibility index (Phi) is 7.36. The SMILES string of the molecule is Cc1cccc(CN2C(=O)S/C(=C\c3ccc(OCC(=O)Nc4ccc(C)c(C)c4)cc3)C2=O)c1. The van der Waals surface area contributed by atoms with Crippen LogP contribution in [0.1, 0.15) is 27.8 Å². The van der Waals surface area contributed by atoms with Crippen LogP contribution in [-0.4, -0.2) is 28.6 Å². The van der Waals surface area contributed by atoms with Crippen molar-refractivity contribution in [2.24, 2.45) is 0 Å². The summed E-state index contributed by atoms with van der Waals surface area (Å²) >= 11 is 0.935. The average Bonchev–Trinajstić information content (AvgIpc) is 3.08. The van der Waals surface area contributed by atoms with E-state index in [0.29, 0.717) is 10.7 Å². The number of imide groups is 1. The van der Waals surface area contributed by atoms with Gasteiger partial charge in [-0.25, -0.2) is 0 Å².